The zero-order chi connectivity index (χ0) is 24.8. The van der Waals surface area contributed by atoms with Crippen LogP contribution in [-0.2, 0) is 11.0 Å². The summed E-state index contributed by atoms with van der Waals surface area (Å²) in [7, 11) is 1.41. The van der Waals surface area contributed by atoms with Gasteiger partial charge < -0.3 is 19.7 Å². The minimum absolute atomic E-state index is 0.138. The van der Waals surface area contributed by atoms with Gasteiger partial charge >= 0.3 is 6.18 Å². The summed E-state index contributed by atoms with van der Waals surface area (Å²) in [6.07, 6.45) is -4.63. The molecule has 0 saturated carbocycles. The predicted molar refractivity (Wildman–Crippen MR) is 120 cm³/mol. The molecule has 10 heteroatoms. The van der Waals surface area contributed by atoms with E-state index in [-0.39, 0.29) is 34.5 Å². The number of amides is 2. The standard InChI is InChI=1S/C23H26ClF3N2O4/c1-5-29(12-20(30)28-18-9-7-6-8-16(18)23(25,26)27)22(31)15-10-17(24)21(19(11-15)32-4)33-13-14(2)3/h6-11,14H,5,12-13H2,1-4H3,(H,28,30). The van der Waals surface area contributed by atoms with E-state index in [0.717, 1.165) is 12.1 Å². The Morgan fingerprint density at radius 2 is 1.85 bits per heavy atom. The van der Waals surface area contributed by atoms with Crippen LogP contribution < -0.4 is 14.8 Å². The number of hydrogen-bond acceptors (Lipinski definition) is 4. The maximum atomic E-state index is 13.2. The first-order valence-corrected chi connectivity index (χ1v) is 10.6. The van der Waals surface area contributed by atoms with Gasteiger partial charge in [-0.25, -0.2) is 0 Å². The number of carbonyl (C=O) groups excluding carboxylic acids is 2. The van der Waals surface area contributed by atoms with Gasteiger partial charge in [-0.05, 0) is 37.1 Å². The van der Waals surface area contributed by atoms with Crippen molar-refractivity contribution in [3.05, 3.63) is 52.5 Å². The minimum Gasteiger partial charge on any atom is -0.493 e. The summed E-state index contributed by atoms with van der Waals surface area (Å²) in [6, 6.07) is 7.48. The van der Waals surface area contributed by atoms with Crippen LogP contribution in [-0.4, -0.2) is 43.5 Å². The number of nitrogens with one attached hydrogen (secondary N) is 1. The van der Waals surface area contributed by atoms with Gasteiger partial charge in [0.25, 0.3) is 5.91 Å². The van der Waals surface area contributed by atoms with Crippen molar-refractivity contribution in [1.29, 1.82) is 0 Å². The molecule has 0 radical (unpaired) electrons. The summed E-state index contributed by atoms with van der Waals surface area (Å²) in [4.78, 5) is 26.6. The van der Waals surface area contributed by atoms with Gasteiger partial charge in [0.15, 0.2) is 11.5 Å². The molecule has 0 aliphatic carbocycles. The lowest BCUT2D eigenvalue weighted by molar-refractivity contribution is -0.137. The number of halogens is 4. The normalized spacial score (nSPS) is 11.3. The van der Waals surface area contributed by atoms with Crippen LogP contribution in [0.4, 0.5) is 18.9 Å². The number of alkyl halides is 3. The molecule has 0 saturated heterocycles. The molecule has 0 fully saturated rings. The third kappa shape index (κ3) is 7.02. The van der Waals surface area contributed by atoms with Crippen LogP contribution in [0.5, 0.6) is 11.5 Å². The summed E-state index contributed by atoms with van der Waals surface area (Å²) in [5, 5.41) is 2.40. The van der Waals surface area contributed by atoms with Crippen LogP contribution in [0.25, 0.3) is 0 Å². The molecule has 2 aromatic rings. The van der Waals surface area contributed by atoms with Gasteiger partial charge in [-0.2, -0.15) is 13.2 Å². The summed E-state index contributed by atoms with van der Waals surface area (Å²) in [5.41, 5.74) is -1.20. The second-order valence-electron chi connectivity index (χ2n) is 7.61. The highest BCUT2D eigenvalue weighted by atomic mass is 35.5. The summed E-state index contributed by atoms with van der Waals surface area (Å²) in [5.74, 6) is -0.507. The van der Waals surface area contributed by atoms with Crippen LogP contribution >= 0.6 is 11.6 Å². The van der Waals surface area contributed by atoms with E-state index >= 15 is 0 Å². The Labute approximate surface area is 195 Å². The molecule has 0 spiro atoms. The van der Waals surface area contributed by atoms with Crippen LogP contribution in [0, 0.1) is 5.92 Å². The van der Waals surface area contributed by atoms with Crippen molar-refractivity contribution in [2.24, 2.45) is 5.92 Å². The lowest BCUT2D eigenvalue weighted by atomic mass is 10.1. The number of methoxy groups -OCH3 is 1. The molecular formula is C23H26ClF3N2O4. The fourth-order valence-electron chi connectivity index (χ4n) is 2.95. The molecule has 0 aliphatic heterocycles. The molecule has 0 bridgehead atoms. The summed E-state index contributed by atoms with van der Waals surface area (Å²) >= 11 is 6.30. The third-order valence-corrected chi connectivity index (χ3v) is 4.83. The maximum absolute atomic E-state index is 13.2. The first-order valence-electron chi connectivity index (χ1n) is 10.2. The van der Waals surface area contributed by atoms with E-state index in [0.29, 0.717) is 12.4 Å². The second-order valence-corrected chi connectivity index (χ2v) is 8.01. The second kappa shape index (κ2) is 11.3. The number of rotatable bonds is 9. The number of para-hydroxylation sites is 1. The van der Waals surface area contributed by atoms with Crippen LogP contribution in [0.15, 0.2) is 36.4 Å². The average Bonchev–Trinajstić information content (AvgIpc) is 2.75. The monoisotopic (exact) mass is 486 g/mol. The van der Waals surface area contributed by atoms with Gasteiger partial charge in [0, 0.05) is 12.1 Å². The number of benzene rings is 2. The first-order chi connectivity index (χ1) is 15.5. The highest BCUT2D eigenvalue weighted by Gasteiger charge is 2.33. The molecule has 6 nitrogen and oxygen atoms in total. The highest BCUT2D eigenvalue weighted by Crippen LogP contribution is 2.37. The van der Waals surface area contributed by atoms with Gasteiger partial charge in [0.2, 0.25) is 5.91 Å². The molecule has 0 atom stereocenters. The number of anilines is 1. The molecule has 180 valence electrons. The van der Waals surface area contributed by atoms with E-state index in [2.05, 4.69) is 5.32 Å². The van der Waals surface area contributed by atoms with Crippen LogP contribution in [0.2, 0.25) is 5.02 Å². The van der Waals surface area contributed by atoms with Crippen molar-refractivity contribution in [1.82, 2.24) is 4.90 Å². The number of hydrogen-bond donors (Lipinski definition) is 1. The Balaban J connectivity index is 2.20. The Morgan fingerprint density at radius 1 is 1.18 bits per heavy atom. The Kier molecular flexibility index (Phi) is 8.99. The number of likely N-dealkylation sites (N-methyl/N-ethyl adjacent to an activating group) is 1. The lowest BCUT2D eigenvalue weighted by Gasteiger charge is -2.22. The van der Waals surface area contributed by atoms with Gasteiger partial charge in [0.1, 0.15) is 6.54 Å². The van der Waals surface area contributed by atoms with Crippen molar-refractivity contribution in [2.45, 2.75) is 26.9 Å². The largest absolute Gasteiger partial charge is 0.493 e. The van der Waals surface area contributed by atoms with E-state index in [1.54, 1.807) is 6.92 Å². The van der Waals surface area contributed by atoms with Gasteiger partial charge in [-0.1, -0.05) is 37.6 Å². The van der Waals surface area contributed by atoms with Crippen molar-refractivity contribution in [3.8, 4) is 11.5 Å². The average molecular weight is 487 g/mol. The molecule has 0 aliphatic rings. The number of ether oxygens (including phenoxy) is 2. The van der Waals surface area contributed by atoms with Crippen molar-refractivity contribution >= 4 is 29.1 Å². The lowest BCUT2D eigenvalue weighted by Crippen LogP contribution is -2.38. The fourth-order valence-corrected chi connectivity index (χ4v) is 3.21. The molecule has 2 amide bonds. The summed E-state index contributed by atoms with van der Waals surface area (Å²) < 4.78 is 50.5. The maximum Gasteiger partial charge on any atom is 0.418 e. The zero-order valence-electron chi connectivity index (χ0n) is 18.8. The zero-order valence-corrected chi connectivity index (χ0v) is 19.5. The molecule has 0 aromatic heterocycles. The number of carbonyl (C=O) groups is 2. The molecule has 33 heavy (non-hydrogen) atoms. The van der Waals surface area contributed by atoms with Gasteiger partial charge in [-0.15, -0.1) is 0 Å². The third-order valence-electron chi connectivity index (χ3n) is 4.55. The van der Waals surface area contributed by atoms with Crippen molar-refractivity contribution in [3.63, 3.8) is 0 Å². The van der Waals surface area contributed by atoms with E-state index < -0.39 is 30.1 Å². The Bertz CT molecular complexity index is 996. The van der Waals surface area contributed by atoms with Crippen molar-refractivity contribution in [2.75, 3.05) is 32.1 Å². The Hall–Kier alpha value is -2.94. The molecule has 1 N–H and O–H groups in total. The van der Waals surface area contributed by atoms with Crippen LogP contribution in [0.3, 0.4) is 0 Å². The predicted octanol–water partition coefficient (Wildman–Crippen LogP) is 5.50. The topological polar surface area (TPSA) is 67.9 Å². The van der Waals surface area contributed by atoms with E-state index in [1.165, 1.54) is 36.3 Å². The molecule has 2 rings (SSSR count). The van der Waals surface area contributed by atoms with E-state index in [9.17, 15) is 22.8 Å². The first kappa shape index (κ1) is 26.3. The molecule has 0 unspecified atom stereocenters. The van der Waals surface area contributed by atoms with Gasteiger partial charge in [-0.3, -0.25) is 9.59 Å². The quantitative estimate of drug-likeness (QED) is 0.508. The van der Waals surface area contributed by atoms with Crippen LogP contribution in [0.1, 0.15) is 36.7 Å². The molecule has 0 heterocycles. The van der Waals surface area contributed by atoms with E-state index in [4.69, 9.17) is 21.1 Å². The minimum atomic E-state index is -4.63. The number of nitrogens with zero attached hydrogens (tertiary/aromatic N) is 1. The fraction of sp³-hybridized carbons (Fsp3) is 0.391. The Morgan fingerprint density at radius 3 is 2.42 bits per heavy atom. The SMILES string of the molecule is CCN(CC(=O)Nc1ccccc1C(F)(F)F)C(=O)c1cc(Cl)c(OCC(C)C)c(OC)c1. The smallest absolute Gasteiger partial charge is 0.418 e. The van der Waals surface area contributed by atoms with E-state index in [1.807, 2.05) is 13.8 Å². The van der Waals surface area contributed by atoms with Gasteiger partial charge in [0.05, 0.1) is 30.0 Å². The highest BCUT2D eigenvalue weighted by molar-refractivity contribution is 6.32. The molecule has 2 aromatic carbocycles. The summed E-state index contributed by atoms with van der Waals surface area (Å²) in [6.45, 7) is 5.66. The molecular weight excluding hydrogens is 461 g/mol. The van der Waals surface area contributed by atoms with Crippen molar-refractivity contribution < 1.29 is 32.2 Å².